The highest BCUT2D eigenvalue weighted by atomic mass is 32.2. The largest absolute Gasteiger partial charge is 0.462 e. The van der Waals surface area contributed by atoms with Gasteiger partial charge in [0.1, 0.15) is 16.8 Å². The standard InChI is InChI=1S/C20H25F3N4O4S/c1-12(20(21,22)23)25-19(28)27-9-15(10-27)32(29,30)26-14-6-4-13(5-7-14)16-11-31-17-3-2-8-24-18(16)17/h2-3,8,11-15,26H,4-7,9-10H2,1H3,(H,25,28)/t12-,13?,14?/m1/s1. The fraction of sp³-hybridized carbons (Fsp3) is 0.600. The minimum atomic E-state index is -4.55. The van der Waals surface area contributed by atoms with Gasteiger partial charge in [-0.15, -0.1) is 0 Å². The van der Waals surface area contributed by atoms with Crippen LogP contribution in [0.3, 0.4) is 0 Å². The summed E-state index contributed by atoms with van der Waals surface area (Å²) in [6.45, 7) is 0.577. The van der Waals surface area contributed by atoms with Gasteiger partial charge in [0.05, 0.1) is 6.26 Å². The molecule has 0 bridgehead atoms. The highest BCUT2D eigenvalue weighted by molar-refractivity contribution is 7.90. The van der Waals surface area contributed by atoms with Crippen molar-refractivity contribution in [2.45, 2.75) is 62.0 Å². The van der Waals surface area contributed by atoms with Gasteiger partial charge in [0, 0.05) is 30.9 Å². The number of carbonyl (C=O) groups excluding carboxylic acids is 1. The summed E-state index contributed by atoms with van der Waals surface area (Å²) in [7, 11) is -3.68. The summed E-state index contributed by atoms with van der Waals surface area (Å²) in [5, 5.41) is 1.02. The third-order valence-electron chi connectivity index (χ3n) is 6.26. The van der Waals surface area contributed by atoms with Crippen LogP contribution in [0.15, 0.2) is 29.0 Å². The Morgan fingerprint density at radius 2 is 1.94 bits per heavy atom. The van der Waals surface area contributed by atoms with Gasteiger partial charge in [0.15, 0.2) is 5.58 Å². The van der Waals surface area contributed by atoms with E-state index in [1.165, 1.54) is 0 Å². The zero-order valence-electron chi connectivity index (χ0n) is 17.4. The lowest BCUT2D eigenvalue weighted by atomic mass is 9.82. The Labute approximate surface area is 183 Å². The predicted octanol–water partition coefficient (Wildman–Crippen LogP) is 3.12. The minimum absolute atomic E-state index is 0.131. The van der Waals surface area contributed by atoms with Crippen molar-refractivity contribution in [3.8, 4) is 0 Å². The van der Waals surface area contributed by atoms with Crippen molar-refractivity contribution in [3.63, 3.8) is 0 Å². The van der Waals surface area contributed by atoms with Crippen LogP contribution in [-0.4, -0.2) is 60.9 Å². The molecule has 4 rings (SSSR count). The molecule has 2 amide bonds. The predicted molar refractivity (Wildman–Crippen MR) is 110 cm³/mol. The van der Waals surface area contributed by atoms with Crippen LogP contribution in [0.1, 0.15) is 44.1 Å². The number of aromatic nitrogens is 1. The summed E-state index contributed by atoms with van der Waals surface area (Å²) in [6.07, 6.45) is 1.77. The molecule has 176 valence electrons. The first-order chi connectivity index (χ1) is 15.0. The van der Waals surface area contributed by atoms with Crippen molar-refractivity contribution in [2.75, 3.05) is 13.1 Å². The molecule has 1 saturated heterocycles. The maximum absolute atomic E-state index is 12.6. The summed E-state index contributed by atoms with van der Waals surface area (Å²) in [5.74, 6) is 0.241. The number of hydrogen-bond acceptors (Lipinski definition) is 5. The number of sulfonamides is 1. The molecule has 32 heavy (non-hydrogen) atoms. The number of nitrogens with zero attached hydrogens (tertiary/aromatic N) is 2. The molecule has 0 spiro atoms. The van der Waals surface area contributed by atoms with Gasteiger partial charge < -0.3 is 14.6 Å². The molecule has 2 aromatic heterocycles. The Morgan fingerprint density at radius 1 is 1.25 bits per heavy atom. The Morgan fingerprint density at radius 3 is 2.59 bits per heavy atom. The van der Waals surface area contributed by atoms with Gasteiger partial charge >= 0.3 is 12.2 Å². The molecule has 3 heterocycles. The van der Waals surface area contributed by atoms with Crippen LogP contribution in [0, 0.1) is 0 Å². The summed E-state index contributed by atoms with van der Waals surface area (Å²) in [5.41, 5.74) is 2.60. The number of urea groups is 1. The fourth-order valence-corrected chi connectivity index (χ4v) is 5.83. The summed E-state index contributed by atoms with van der Waals surface area (Å²) in [4.78, 5) is 17.3. The van der Waals surface area contributed by atoms with Crippen LogP contribution in [0.4, 0.5) is 18.0 Å². The van der Waals surface area contributed by atoms with E-state index in [2.05, 4.69) is 9.71 Å². The highest BCUT2D eigenvalue weighted by Gasteiger charge is 2.43. The topological polar surface area (TPSA) is 105 Å². The van der Waals surface area contributed by atoms with Crippen LogP contribution >= 0.6 is 0 Å². The van der Waals surface area contributed by atoms with E-state index >= 15 is 0 Å². The first kappa shape index (κ1) is 22.8. The molecule has 1 aliphatic carbocycles. The Balaban J connectivity index is 1.26. The second-order valence-electron chi connectivity index (χ2n) is 8.49. The molecule has 2 fully saturated rings. The van der Waals surface area contributed by atoms with Crippen molar-refractivity contribution in [3.05, 3.63) is 30.2 Å². The van der Waals surface area contributed by atoms with E-state index in [1.54, 1.807) is 12.5 Å². The molecule has 2 N–H and O–H groups in total. The number of hydrogen-bond donors (Lipinski definition) is 2. The second kappa shape index (κ2) is 8.54. The smallest absolute Gasteiger partial charge is 0.408 e. The zero-order valence-corrected chi connectivity index (χ0v) is 18.2. The number of amides is 2. The lowest BCUT2D eigenvalue weighted by molar-refractivity contribution is -0.149. The zero-order chi connectivity index (χ0) is 23.1. The quantitative estimate of drug-likeness (QED) is 0.693. The summed E-state index contributed by atoms with van der Waals surface area (Å²) >= 11 is 0. The van der Waals surface area contributed by atoms with Crippen molar-refractivity contribution >= 4 is 27.2 Å². The number of alkyl halides is 3. The third kappa shape index (κ3) is 4.70. The second-order valence-corrected chi connectivity index (χ2v) is 10.5. The molecule has 1 atom stereocenters. The summed E-state index contributed by atoms with van der Waals surface area (Å²) in [6, 6.07) is 0.542. The average Bonchev–Trinajstić information content (AvgIpc) is 3.10. The molecule has 8 nitrogen and oxygen atoms in total. The maximum Gasteiger partial charge on any atom is 0.408 e. The Kier molecular flexibility index (Phi) is 6.10. The molecule has 2 aliphatic rings. The monoisotopic (exact) mass is 474 g/mol. The number of furan rings is 1. The van der Waals surface area contributed by atoms with E-state index < -0.39 is 33.5 Å². The molecule has 1 aliphatic heterocycles. The first-order valence-electron chi connectivity index (χ1n) is 10.5. The van der Waals surface area contributed by atoms with Crippen LogP contribution in [0.5, 0.6) is 0 Å². The molecule has 0 radical (unpaired) electrons. The van der Waals surface area contributed by atoms with Gasteiger partial charge in [-0.2, -0.15) is 13.2 Å². The van der Waals surface area contributed by atoms with E-state index in [0.29, 0.717) is 12.8 Å². The van der Waals surface area contributed by atoms with E-state index in [9.17, 15) is 26.4 Å². The Bertz CT molecular complexity index is 1070. The van der Waals surface area contributed by atoms with Crippen LogP contribution in [0.25, 0.3) is 11.1 Å². The SMILES string of the molecule is C[C@@H](NC(=O)N1CC(S(=O)(=O)NC2CCC(c3coc4cccnc34)CC2)C1)C(F)(F)F. The number of halogens is 3. The van der Waals surface area contributed by atoms with Gasteiger partial charge in [-0.3, -0.25) is 4.98 Å². The van der Waals surface area contributed by atoms with Crippen molar-refractivity contribution in [1.82, 2.24) is 19.9 Å². The van der Waals surface area contributed by atoms with Crippen molar-refractivity contribution in [1.29, 1.82) is 0 Å². The number of carbonyl (C=O) groups is 1. The van der Waals surface area contributed by atoms with E-state index in [0.717, 1.165) is 41.3 Å². The fourth-order valence-electron chi connectivity index (χ4n) is 4.18. The normalized spacial score (nSPS) is 23.7. The van der Waals surface area contributed by atoms with Gasteiger partial charge in [-0.05, 0) is 50.7 Å². The Hall–Kier alpha value is -2.34. The van der Waals surface area contributed by atoms with Crippen LogP contribution in [0.2, 0.25) is 0 Å². The minimum Gasteiger partial charge on any atom is -0.462 e. The number of pyridine rings is 1. The van der Waals surface area contributed by atoms with Gasteiger partial charge in [0.25, 0.3) is 0 Å². The first-order valence-corrected chi connectivity index (χ1v) is 12.0. The van der Waals surface area contributed by atoms with E-state index in [1.807, 2.05) is 17.4 Å². The van der Waals surface area contributed by atoms with Gasteiger partial charge in [0.2, 0.25) is 10.0 Å². The molecular formula is C20H25F3N4O4S. The molecular weight excluding hydrogens is 449 g/mol. The van der Waals surface area contributed by atoms with Gasteiger partial charge in [-0.1, -0.05) is 0 Å². The average molecular weight is 475 g/mol. The number of fused-ring (bicyclic) bond motifs is 1. The molecule has 12 heteroatoms. The molecule has 1 saturated carbocycles. The number of nitrogens with one attached hydrogen (secondary N) is 2. The summed E-state index contributed by atoms with van der Waals surface area (Å²) < 4.78 is 71.3. The maximum atomic E-state index is 12.6. The highest BCUT2D eigenvalue weighted by Crippen LogP contribution is 2.37. The van der Waals surface area contributed by atoms with Crippen LogP contribution < -0.4 is 10.0 Å². The van der Waals surface area contributed by atoms with E-state index in [4.69, 9.17) is 4.42 Å². The molecule has 0 unspecified atom stereocenters. The van der Waals surface area contributed by atoms with Crippen molar-refractivity contribution in [2.24, 2.45) is 0 Å². The lowest BCUT2D eigenvalue weighted by Gasteiger charge is -2.40. The number of rotatable bonds is 5. The van der Waals surface area contributed by atoms with E-state index in [-0.39, 0.29) is 25.0 Å². The van der Waals surface area contributed by atoms with Gasteiger partial charge in [-0.25, -0.2) is 17.9 Å². The third-order valence-corrected chi connectivity index (χ3v) is 8.10. The molecule has 2 aromatic rings. The van der Waals surface area contributed by atoms with Crippen LogP contribution in [-0.2, 0) is 10.0 Å². The number of likely N-dealkylation sites (tertiary alicyclic amines) is 1. The van der Waals surface area contributed by atoms with Crippen molar-refractivity contribution < 1.29 is 30.8 Å². The lowest BCUT2D eigenvalue weighted by Crippen LogP contribution is -2.63. The molecule has 0 aromatic carbocycles.